The number of hydrogen-bond acceptors (Lipinski definition) is 5. The molecule has 0 saturated carbocycles. The first-order chi connectivity index (χ1) is 8.19. The molecule has 0 unspecified atom stereocenters. The van der Waals surface area contributed by atoms with Crippen LogP contribution >= 0.6 is 11.3 Å². The van der Waals surface area contributed by atoms with Crippen molar-refractivity contribution >= 4 is 33.3 Å². The van der Waals surface area contributed by atoms with Crippen LogP contribution in [0, 0.1) is 0 Å². The van der Waals surface area contributed by atoms with Gasteiger partial charge in [-0.25, -0.2) is 4.98 Å². The fourth-order valence-electron chi connectivity index (χ4n) is 1.91. The van der Waals surface area contributed by atoms with Gasteiger partial charge in [-0.2, -0.15) is 4.98 Å². The Morgan fingerprint density at radius 3 is 2.53 bits per heavy atom. The van der Waals surface area contributed by atoms with Crippen LogP contribution in [0.1, 0.15) is 25.6 Å². The minimum Gasteiger partial charge on any atom is -0.368 e. The SMILES string of the molecule is CCc1cc2c(N(CC)CC)nc(N)nc2s1. The largest absolute Gasteiger partial charge is 0.368 e. The van der Waals surface area contributed by atoms with Crippen LogP contribution in [0.15, 0.2) is 6.07 Å². The van der Waals surface area contributed by atoms with E-state index in [-0.39, 0.29) is 0 Å². The molecule has 0 aliphatic carbocycles. The summed E-state index contributed by atoms with van der Waals surface area (Å²) < 4.78 is 0. The molecule has 0 fully saturated rings. The molecule has 0 radical (unpaired) electrons. The van der Waals surface area contributed by atoms with E-state index < -0.39 is 0 Å². The molecule has 5 heteroatoms. The summed E-state index contributed by atoms with van der Waals surface area (Å²) in [6, 6.07) is 2.19. The summed E-state index contributed by atoms with van der Waals surface area (Å²) in [5.41, 5.74) is 5.78. The van der Waals surface area contributed by atoms with Crippen LogP contribution in [0.3, 0.4) is 0 Å². The van der Waals surface area contributed by atoms with Gasteiger partial charge in [-0.3, -0.25) is 0 Å². The molecule has 0 saturated heterocycles. The normalized spacial score (nSPS) is 11.0. The fraction of sp³-hybridized carbons (Fsp3) is 0.500. The van der Waals surface area contributed by atoms with Gasteiger partial charge in [0.2, 0.25) is 5.95 Å². The summed E-state index contributed by atoms with van der Waals surface area (Å²) in [6.45, 7) is 8.26. The highest BCUT2D eigenvalue weighted by Crippen LogP contribution is 2.31. The van der Waals surface area contributed by atoms with Gasteiger partial charge in [0.15, 0.2) is 0 Å². The predicted molar refractivity (Wildman–Crippen MR) is 74.8 cm³/mol. The number of anilines is 2. The molecule has 2 rings (SSSR count). The van der Waals surface area contributed by atoms with Gasteiger partial charge in [0.1, 0.15) is 10.6 Å². The molecule has 4 nitrogen and oxygen atoms in total. The molecule has 0 aromatic carbocycles. The van der Waals surface area contributed by atoms with Gasteiger partial charge in [-0.15, -0.1) is 11.3 Å². The van der Waals surface area contributed by atoms with Crippen LogP contribution in [-0.2, 0) is 6.42 Å². The Hall–Kier alpha value is -1.36. The highest BCUT2D eigenvalue weighted by atomic mass is 32.1. The molecule has 0 spiro atoms. The van der Waals surface area contributed by atoms with E-state index in [1.807, 2.05) is 0 Å². The lowest BCUT2D eigenvalue weighted by Gasteiger charge is -2.20. The Bertz CT molecular complexity index is 516. The number of thiophene rings is 1. The van der Waals surface area contributed by atoms with Gasteiger partial charge in [-0.05, 0) is 26.3 Å². The van der Waals surface area contributed by atoms with Crippen molar-refractivity contribution in [3.63, 3.8) is 0 Å². The molecular weight excluding hydrogens is 232 g/mol. The van der Waals surface area contributed by atoms with Crippen LogP contribution in [0.2, 0.25) is 0 Å². The van der Waals surface area contributed by atoms with Crippen LogP contribution in [-0.4, -0.2) is 23.1 Å². The zero-order chi connectivity index (χ0) is 12.4. The molecule has 0 amide bonds. The summed E-state index contributed by atoms with van der Waals surface area (Å²) in [4.78, 5) is 13.2. The Morgan fingerprint density at radius 1 is 1.24 bits per heavy atom. The topological polar surface area (TPSA) is 55.0 Å². The first-order valence-electron chi connectivity index (χ1n) is 6.00. The maximum Gasteiger partial charge on any atom is 0.223 e. The predicted octanol–water partition coefficient (Wildman–Crippen LogP) is 2.68. The standard InChI is InChI=1S/C12H18N4S/c1-4-8-7-9-10(16(5-2)6-3)14-12(13)15-11(9)17-8/h7H,4-6H2,1-3H3,(H2,13,14,15). The second-order valence-electron chi connectivity index (χ2n) is 3.86. The molecule has 0 atom stereocenters. The third-order valence-electron chi connectivity index (χ3n) is 2.85. The zero-order valence-corrected chi connectivity index (χ0v) is 11.3. The van der Waals surface area contributed by atoms with E-state index >= 15 is 0 Å². The monoisotopic (exact) mass is 250 g/mol. The summed E-state index contributed by atoms with van der Waals surface area (Å²) >= 11 is 1.71. The van der Waals surface area contributed by atoms with E-state index in [1.165, 1.54) is 4.88 Å². The molecular formula is C12H18N4S. The molecule has 2 heterocycles. The van der Waals surface area contributed by atoms with Crippen molar-refractivity contribution in [1.29, 1.82) is 0 Å². The molecule has 2 aromatic heterocycles. The highest BCUT2D eigenvalue weighted by molar-refractivity contribution is 7.18. The van der Waals surface area contributed by atoms with Crippen molar-refractivity contribution in [2.75, 3.05) is 23.7 Å². The van der Waals surface area contributed by atoms with Gasteiger partial charge in [-0.1, -0.05) is 6.92 Å². The number of nitrogen functional groups attached to an aromatic ring is 1. The van der Waals surface area contributed by atoms with Crippen molar-refractivity contribution in [3.05, 3.63) is 10.9 Å². The van der Waals surface area contributed by atoms with Crippen molar-refractivity contribution in [1.82, 2.24) is 9.97 Å². The molecule has 2 N–H and O–H groups in total. The zero-order valence-electron chi connectivity index (χ0n) is 10.5. The number of aromatic nitrogens is 2. The lowest BCUT2D eigenvalue weighted by Crippen LogP contribution is -2.23. The number of nitrogens with two attached hydrogens (primary N) is 1. The van der Waals surface area contributed by atoms with E-state index in [4.69, 9.17) is 5.73 Å². The van der Waals surface area contributed by atoms with Crippen molar-refractivity contribution in [3.8, 4) is 0 Å². The first kappa shape index (κ1) is 12.1. The fourth-order valence-corrected chi connectivity index (χ4v) is 2.88. The Labute approximate surface area is 105 Å². The lowest BCUT2D eigenvalue weighted by molar-refractivity contribution is 0.850. The third-order valence-corrected chi connectivity index (χ3v) is 4.03. The third kappa shape index (κ3) is 2.20. The van der Waals surface area contributed by atoms with E-state index in [1.54, 1.807) is 11.3 Å². The quantitative estimate of drug-likeness (QED) is 0.906. The Kier molecular flexibility index (Phi) is 3.47. The summed E-state index contributed by atoms with van der Waals surface area (Å²) in [7, 11) is 0. The van der Waals surface area contributed by atoms with Gasteiger partial charge in [0.25, 0.3) is 0 Å². The van der Waals surface area contributed by atoms with E-state index in [9.17, 15) is 0 Å². The van der Waals surface area contributed by atoms with Gasteiger partial charge >= 0.3 is 0 Å². The van der Waals surface area contributed by atoms with E-state index in [0.29, 0.717) is 5.95 Å². The minimum atomic E-state index is 0.365. The van der Waals surface area contributed by atoms with Crippen molar-refractivity contribution < 1.29 is 0 Å². The van der Waals surface area contributed by atoms with E-state index in [2.05, 4.69) is 41.7 Å². The average molecular weight is 250 g/mol. The molecule has 17 heavy (non-hydrogen) atoms. The minimum absolute atomic E-state index is 0.365. The summed E-state index contributed by atoms with van der Waals surface area (Å²) in [5.74, 6) is 1.33. The van der Waals surface area contributed by atoms with Crippen LogP contribution in [0.25, 0.3) is 10.2 Å². The number of nitrogens with zero attached hydrogens (tertiary/aromatic N) is 3. The Morgan fingerprint density at radius 2 is 1.94 bits per heavy atom. The van der Waals surface area contributed by atoms with Crippen molar-refractivity contribution in [2.45, 2.75) is 27.2 Å². The number of hydrogen-bond donors (Lipinski definition) is 1. The van der Waals surface area contributed by atoms with Gasteiger partial charge < -0.3 is 10.6 Å². The lowest BCUT2D eigenvalue weighted by atomic mass is 10.3. The maximum absolute atomic E-state index is 5.78. The van der Waals surface area contributed by atoms with Gasteiger partial charge in [0, 0.05) is 18.0 Å². The molecule has 0 bridgehead atoms. The van der Waals surface area contributed by atoms with Crippen LogP contribution < -0.4 is 10.6 Å². The maximum atomic E-state index is 5.78. The average Bonchev–Trinajstić information content (AvgIpc) is 2.73. The molecule has 92 valence electrons. The number of aryl methyl sites for hydroxylation is 1. The molecule has 2 aromatic rings. The molecule has 0 aliphatic rings. The second kappa shape index (κ2) is 4.87. The number of fused-ring (bicyclic) bond motifs is 1. The smallest absolute Gasteiger partial charge is 0.223 e. The Balaban J connectivity index is 2.63. The van der Waals surface area contributed by atoms with Crippen LogP contribution in [0.5, 0.6) is 0 Å². The van der Waals surface area contributed by atoms with E-state index in [0.717, 1.165) is 35.5 Å². The van der Waals surface area contributed by atoms with Crippen LogP contribution in [0.4, 0.5) is 11.8 Å². The number of rotatable bonds is 4. The molecule has 0 aliphatic heterocycles. The second-order valence-corrected chi connectivity index (χ2v) is 4.98. The summed E-state index contributed by atoms with van der Waals surface area (Å²) in [5, 5.41) is 1.13. The van der Waals surface area contributed by atoms with Crippen molar-refractivity contribution in [2.24, 2.45) is 0 Å². The first-order valence-corrected chi connectivity index (χ1v) is 6.82. The summed E-state index contributed by atoms with van der Waals surface area (Å²) in [6.07, 6.45) is 1.03. The highest BCUT2D eigenvalue weighted by Gasteiger charge is 2.13. The van der Waals surface area contributed by atoms with Gasteiger partial charge in [0.05, 0.1) is 5.39 Å².